The van der Waals surface area contributed by atoms with Crippen molar-refractivity contribution in [2.75, 3.05) is 7.05 Å². The third-order valence-electron chi connectivity index (χ3n) is 4.19. The van der Waals surface area contributed by atoms with Crippen LogP contribution in [0.4, 0.5) is 0 Å². The molecule has 0 bridgehead atoms. The molecule has 0 saturated heterocycles. The summed E-state index contributed by atoms with van der Waals surface area (Å²) in [7, 11) is 1.74. The van der Waals surface area contributed by atoms with E-state index in [-0.39, 0.29) is 5.91 Å². The molecule has 1 heterocycles. The molecule has 26 heavy (non-hydrogen) atoms. The highest BCUT2D eigenvalue weighted by Crippen LogP contribution is 2.20. The normalized spacial score (nSPS) is 10.7. The summed E-state index contributed by atoms with van der Waals surface area (Å²) in [5.41, 5.74) is 3.09. The summed E-state index contributed by atoms with van der Waals surface area (Å²) in [4.78, 5) is 18.3. The largest absolute Gasteiger partial charge is 0.337 e. The lowest BCUT2D eigenvalue weighted by Gasteiger charge is -2.14. The van der Waals surface area contributed by atoms with Gasteiger partial charge in [-0.3, -0.25) is 4.79 Å². The molecule has 0 spiro atoms. The Hall–Kier alpha value is -2.66. The van der Waals surface area contributed by atoms with Crippen molar-refractivity contribution in [1.82, 2.24) is 15.0 Å². The Morgan fingerprint density at radius 3 is 2.62 bits per heavy atom. The van der Waals surface area contributed by atoms with E-state index in [1.54, 1.807) is 11.9 Å². The summed E-state index contributed by atoms with van der Waals surface area (Å²) in [6.45, 7) is 2.29. The van der Waals surface area contributed by atoms with Crippen LogP contribution in [-0.4, -0.2) is 28.0 Å². The third-order valence-corrected chi connectivity index (χ3v) is 4.45. The Morgan fingerprint density at radius 2 is 1.88 bits per heavy atom. The first-order valence-corrected chi connectivity index (χ1v) is 8.78. The van der Waals surface area contributed by atoms with Gasteiger partial charge in [0.05, 0.1) is 6.54 Å². The van der Waals surface area contributed by atoms with E-state index in [9.17, 15) is 4.79 Å². The lowest BCUT2D eigenvalue weighted by atomic mass is 10.1. The van der Waals surface area contributed by atoms with Gasteiger partial charge in [-0.25, -0.2) is 0 Å². The van der Waals surface area contributed by atoms with Crippen LogP contribution < -0.4 is 0 Å². The fourth-order valence-corrected chi connectivity index (χ4v) is 2.76. The number of aromatic nitrogens is 2. The van der Waals surface area contributed by atoms with Gasteiger partial charge in [-0.1, -0.05) is 53.2 Å². The average molecular weight is 370 g/mol. The van der Waals surface area contributed by atoms with Crippen molar-refractivity contribution in [2.24, 2.45) is 0 Å². The summed E-state index contributed by atoms with van der Waals surface area (Å²) in [6, 6.07) is 15.4. The van der Waals surface area contributed by atoms with E-state index >= 15 is 0 Å². The van der Waals surface area contributed by atoms with Gasteiger partial charge in [0.15, 0.2) is 0 Å². The lowest BCUT2D eigenvalue weighted by Crippen LogP contribution is -2.26. The van der Waals surface area contributed by atoms with E-state index in [2.05, 4.69) is 10.1 Å². The minimum atomic E-state index is 0.0237. The molecule has 0 fully saturated rings. The van der Waals surface area contributed by atoms with Crippen molar-refractivity contribution < 1.29 is 9.32 Å². The zero-order valence-corrected chi connectivity index (χ0v) is 15.5. The minimum absolute atomic E-state index is 0.0237. The first-order valence-electron chi connectivity index (χ1n) is 8.40. The zero-order chi connectivity index (χ0) is 18.5. The SMILES string of the molecule is Cc1ccccc1-c1noc(CN(C)C(=O)CCc2ccc(Cl)cc2)n1. The molecule has 134 valence electrons. The van der Waals surface area contributed by atoms with Crippen LogP contribution in [0.2, 0.25) is 5.02 Å². The lowest BCUT2D eigenvalue weighted by molar-refractivity contribution is -0.130. The molecular weight excluding hydrogens is 350 g/mol. The molecule has 0 saturated carbocycles. The number of benzene rings is 2. The predicted octanol–water partition coefficient (Wildman–Crippen LogP) is 4.29. The van der Waals surface area contributed by atoms with Gasteiger partial charge in [0.1, 0.15) is 0 Å². The molecule has 0 N–H and O–H groups in total. The van der Waals surface area contributed by atoms with E-state index in [1.807, 2.05) is 55.5 Å². The van der Waals surface area contributed by atoms with Gasteiger partial charge >= 0.3 is 0 Å². The summed E-state index contributed by atoms with van der Waals surface area (Å²) in [5.74, 6) is 0.987. The van der Waals surface area contributed by atoms with Crippen molar-refractivity contribution >= 4 is 17.5 Å². The van der Waals surface area contributed by atoms with E-state index < -0.39 is 0 Å². The second-order valence-electron chi connectivity index (χ2n) is 6.20. The van der Waals surface area contributed by atoms with Gasteiger partial charge in [-0.2, -0.15) is 4.98 Å². The summed E-state index contributed by atoms with van der Waals surface area (Å²) < 4.78 is 5.30. The molecular formula is C20H20ClN3O2. The van der Waals surface area contributed by atoms with Gasteiger partial charge in [0, 0.05) is 24.1 Å². The standard InChI is InChI=1S/C20H20ClN3O2/c1-14-5-3-4-6-17(14)20-22-18(26-23-20)13-24(2)19(25)12-9-15-7-10-16(21)11-8-15/h3-8,10-11H,9,12-13H2,1-2H3. The first-order chi connectivity index (χ1) is 12.5. The van der Waals surface area contributed by atoms with Crippen LogP contribution in [0.5, 0.6) is 0 Å². The highest BCUT2D eigenvalue weighted by molar-refractivity contribution is 6.30. The maximum Gasteiger partial charge on any atom is 0.246 e. The number of carbonyl (C=O) groups excluding carboxylic acids is 1. The number of hydrogen-bond acceptors (Lipinski definition) is 4. The average Bonchev–Trinajstić information content (AvgIpc) is 3.09. The molecule has 1 amide bonds. The number of carbonyl (C=O) groups is 1. The van der Waals surface area contributed by atoms with E-state index in [1.165, 1.54) is 0 Å². The number of hydrogen-bond donors (Lipinski definition) is 0. The molecule has 0 aliphatic carbocycles. The van der Waals surface area contributed by atoms with Crippen LogP contribution in [0.1, 0.15) is 23.4 Å². The number of aryl methyl sites for hydroxylation is 2. The summed E-state index contributed by atoms with van der Waals surface area (Å²) in [5, 5.41) is 4.72. The highest BCUT2D eigenvalue weighted by Gasteiger charge is 2.15. The fraction of sp³-hybridized carbons (Fsp3) is 0.250. The van der Waals surface area contributed by atoms with Crippen molar-refractivity contribution in [3.8, 4) is 11.4 Å². The Kier molecular flexibility index (Phi) is 5.68. The quantitative estimate of drug-likeness (QED) is 0.650. The molecule has 6 heteroatoms. The molecule has 5 nitrogen and oxygen atoms in total. The number of rotatable bonds is 6. The van der Waals surface area contributed by atoms with Crippen LogP contribution in [0.3, 0.4) is 0 Å². The Labute approximate surface area is 157 Å². The molecule has 3 rings (SSSR count). The Morgan fingerprint density at radius 1 is 1.15 bits per heavy atom. The zero-order valence-electron chi connectivity index (χ0n) is 14.8. The van der Waals surface area contributed by atoms with E-state index in [4.69, 9.17) is 16.1 Å². The number of amides is 1. The second kappa shape index (κ2) is 8.15. The molecule has 3 aromatic rings. The predicted molar refractivity (Wildman–Crippen MR) is 101 cm³/mol. The minimum Gasteiger partial charge on any atom is -0.337 e. The summed E-state index contributed by atoms with van der Waals surface area (Å²) >= 11 is 5.87. The van der Waals surface area contributed by atoms with Crippen molar-refractivity contribution in [3.63, 3.8) is 0 Å². The highest BCUT2D eigenvalue weighted by atomic mass is 35.5. The van der Waals surface area contributed by atoms with E-state index in [0.717, 1.165) is 16.7 Å². The molecule has 0 unspecified atom stereocenters. The molecule has 0 atom stereocenters. The molecule has 2 aromatic carbocycles. The van der Waals surface area contributed by atoms with Crippen LogP contribution in [-0.2, 0) is 17.8 Å². The molecule has 0 aliphatic heterocycles. The van der Waals surface area contributed by atoms with Gasteiger partial charge in [-0.15, -0.1) is 0 Å². The molecule has 1 aromatic heterocycles. The van der Waals surface area contributed by atoms with Crippen molar-refractivity contribution in [1.29, 1.82) is 0 Å². The van der Waals surface area contributed by atoms with Crippen LogP contribution in [0, 0.1) is 6.92 Å². The third kappa shape index (κ3) is 4.49. The number of nitrogens with zero attached hydrogens (tertiary/aromatic N) is 3. The first kappa shape index (κ1) is 18.1. The smallest absolute Gasteiger partial charge is 0.246 e. The van der Waals surface area contributed by atoms with Crippen LogP contribution in [0.15, 0.2) is 53.1 Å². The maximum atomic E-state index is 12.3. The van der Waals surface area contributed by atoms with Gasteiger partial charge in [0.25, 0.3) is 0 Å². The monoisotopic (exact) mass is 369 g/mol. The Balaban J connectivity index is 1.57. The maximum absolute atomic E-state index is 12.3. The second-order valence-corrected chi connectivity index (χ2v) is 6.64. The fourth-order valence-electron chi connectivity index (χ4n) is 2.64. The summed E-state index contributed by atoms with van der Waals surface area (Å²) in [6.07, 6.45) is 1.08. The topological polar surface area (TPSA) is 59.2 Å². The van der Waals surface area contributed by atoms with Crippen LogP contribution in [0.25, 0.3) is 11.4 Å². The Bertz CT molecular complexity index is 890. The van der Waals surface area contributed by atoms with Gasteiger partial charge < -0.3 is 9.42 Å². The van der Waals surface area contributed by atoms with E-state index in [0.29, 0.717) is 36.1 Å². The van der Waals surface area contributed by atoms with Crippen LogP contribution >= 0.6 is 11.6 Å². The van der Waals surface area contributed by atoms with Crippen molar-refractivity contribution in [3.05, 3.63) is 70.6 Å². The van der Waals surface area contributed by atoms with Gasteiger partial charge in [-0.05, 0) is 36.6 Å². The van der Waals surface area contributed by atoms with Gasteiger partial charge in [0.2, 0.25) is 17.6 Å². The van der Waals surface area contributed by atoms with Crippen molar-refractivity contribution in [2.45, 2.75) is 26.3 Å². The molecule has 0 radical (unpaired) electrons. The molecule has 0 aliphatic rings. The number of halogens is 1.